The van der Waals surface area contributed by atoms with E-state index in [2.05, 4.69) is 46.1 Å². The van der Waals surface area contributed by atoms with Gasteiger partial charge in [0.25, 0.3) is 5.91 Å². The number of fused-ring (bicyclic) bond motifs is 1. The average molecular weight is 350 g/mol. The fourth-order valence-electron chi connectivity index (χ4n) is 4.17. The van der Waals surface area contributed by atoms with Gasteiger partial charge in [0.05, 0.1) is 5.56 Å². The topological polar surface area (TPSA) is 49.3 Å². The molecule has 0 radical (unpaired) electrons. The van der Waals surface area contributed by atoms with Crippen LogP contribution >= 0.6 is 0 Å². The molecular formula is C21H26N4O. The van der Waals surface area contributed by atoms with Gasteiger partial charge in [-0.3, -0.25) is 4.79 Å². The van der Waals surface area contributed by atoms with Crippen LogP contribution in [0.3, 0.4) is 0 Å². The number of amides is 1. The van der Waals surface area contributed by atoms with Crippen molar-refractivity contribution in [2.45, 2.75) is 51.5 Å². The quantitative estimate of drug-likeness (QED) is 0.840. The zero-order chi connectivity index (χ0) is 17.9. The molecule has 0 bridgehead atoms. The number of likely N-dealkylation sites (tertiary alicyclic amines) is 1. The number of carbonyl (C=O) groups is 1. The standard InChI is InChI=1S/C21H26N4O/c1-2-18-10-5-6-12-24(18)20(26)17-14-22-21(23-15-17)25-13-7-9-16-8-3-4-11-19(16)25/h3-4,8,11,14-15,18H,2,5-7,9-10,12-13H2,1H3. The minimum atomic E-state index is 0.0714. The van der Waals surface area contributed by atoms with Crippen molar-refractivity contribution in [2.75, 3.05) is 18.0 Å². The summed E-state index contributed by atoms with van der Waals surface area (Å²) in [5.41, 5.74) is 3.11. The lowest BCUT2D eigenvalue weighted by molar-refractivity contribution is 0.0607. The Bertz CT molecular complexity index is 774. The summed E-state index contributed by atoms with van der Waals surface area (Å²) in [6.45, 7) is 3.91. The average Bonchev–Trinajstić information content (AvgIpc) is 2.73. The fourth-order valence-corrected chi connectivity index (χ4v) is 4.17. The predicted octanol–water partition coefficient (Wildman–Crippen LogP) is 3.97. The third kappa shape index (κ3) is 3.18. The lowest BCUT2D eigenvalue weighted by Gasteiger charge is -2.35. The summed E-state index contributed by atoms with van der Waals surface area (Å²) in [5, 5.41) is 0. The van der Waals surface area contributed by atoms with Crippen molar-refractivity contribution in [1.82, 2.24) is 14.9 Å². The van der Waals surface area contributed by atoms with E-state index in [9.17, 15) is 4.79 Å². The van der Waals surface area contributed by atoms with Crippen molar-refractivity contribution in [3.8, 4) is 0 Å². The molecule has 1 aromatic heterocycles. The SMILES string of the molecule is CCC1CCCCN1C(=O)c1cnc(N2CCCc3ccccc32)nc1. The highest BCUT2D eigenvalue weighted by Crippen LogP contribution is 2.31. The number of aryl methyl sites for hydroxylation is 1. The summed E-state index contributed by atoms with van der Waals surface area (Å²) in [6, 6.07) is 8.77. The third-order valence-electron chi connectivity index (χ3n) is 5.60. The van der Waals surface area contributed by atoms with E-state index < -0.39 is 0 Å². The molecule has 1 fully saturated rings. The zero-order valence-electron chi connectivity index (χ0n) is 15.4. The molecule has 26 heavy (non-hydrogen) atoms. The van der Waals surface area contributed by atoms with E-state index in [1.54, 1.807) is 12.4 Å². The summed E-state index contributed by atoms with van der Waals surface area (Å²) in [6.07, 6.45) is 9.99. The molecule has 5 nitrogen and oxygen atoms in total. The molecule has 2 aliphatic heterocycles. The number of benzene rings is 1. The molecule has 1 amide bonds. The van der Waals surface area contributed by atoms with Crippen molar-refractivity contribution >= 4 is 17.5 Å². The number of hydrogen-bond acceptors (Lipinski definition) is 4. The molecule has 2 aliphatic rings. The molecule has 1 aromatic carbocycles. The van der Waals surface area contributed by atoms with Crippen molar-refractivity contribution in [1.29, 1.82) is 0 Å². The molecule has 3 heterocycles. The summed E-state index contributed by atoms with van der Waals surface area (Å²) in [5.74, 6) is 0.751. The first-order chi connectivity index (χ1) is 12.8. The molecule has 0 aliphatic carbocycles. The van der Waals surface area contributed by atoms with Crippen molar-refractivity contribution in [3.05, 3.63) is 47.8 Å². The predicted molar refractivity (Wildman–Crippen MR) is 103 cm³/mol. The maximum atomic E-state index is 12.9. The maximum Gasteiger partial charge on any atom is 0.257 e. The van der Waals surface area contributed by atoms with Gasteiger partial charge in [0, 0.05) is 37.2 Å². The second kappa shape index (κ2) is 7.44. The van der Waals surface area contributed by atoms with Gasteiger partial charge in [-0.05, 0) is 50.2 Å². The summed E-state index contributed by atoms with van der Waals surface area (Å²) < 4.78 is 0. The molecule has 4 rings (SSSR count). The summed E-state index contributed by atoms with van der Waals surface area (Å²) in [7, 11) is 0. The largest absolute Gasteiger partial charge is 0.336 e. The van der Waals surface area contributed by atoms with Crippen LogP contribution in [0.5, 0.6) is 0 Å². The van der Waals surface area contributed by atoms with Gasteiger partial charge in [0.1, 0.15) is 0 Å². The number of piperidine rings is 1. The minimum absolute atomic E-state index is 0.0714. The molecule has 2 aromatic rings. The maximum absolute atomic E-state index is 12.9. The molecule has 5 heteroatoms. The number of hydrogen-bond donors (Lipinski definition) is 0. The Labute approximate surface area is 155 Å². The molecule has 136 valence electrons. The van der Waals surface area contributed by atoms with E-state index in [-0.39, 0.29) is 5.91 Å². The first kappa shape index (κ1) is 17.0. The number of carbonyl (C=O) groups excluding carboxylic acids is 1. The highest BCUT2D eigenvalue weighted by Gasteiger charge is 2.27. The molecule has 0 saturated carbocycles. The van der Waals surface area contributed by atoms with Gasteiger partial charge >= 0.3 is 0 Å². The molecular weight excluding hydrogens is 324 g/mol. The normalized spacial score (nSPS) is 20.0. The van der Waals surface area contributed by atoms with Gasteiger partial charge < -0.3 is 9.80 Å². The number of rotatable bonds is 3. The van der Waals surface area contributed by atoms with Gasteiger partial charge in [-0.1, -0.05) is 25.1 Å². The van der Waals surface area contributed by atoms with Crippen LogP contribution in [0.4, 0.5) is 11.6 Å². The Morgan fingerprint density at radius 3 is 2.73 bits per heavy atom. The Morgan fingerprint density at radius 1 is 1.12 bits per heavy atom. The van der Waals surface area contributed by atoms with E-state index in [1.807, 2.05) is 4.90 Å². The Balaban J connectivity index is 1.55. The highest BCUT2D eigenvalue weighted by atomic mass is 16.2. The number of para-hydroxylation sites is 1. The van der Waals surface area contributed by atoms with Gasteiger partial charge in [-0.15, -0.1) is 0 Å². The van der Waals surface area contributed by atoms with Crippen LogP contribution in [0.2, 0.25) is 0 Å². The Hall–Kier alpha value is -2.43. The van der Waals surface area contributed by atoms with Crippen molar-refractivity contribution < 1.29 is 4.79 Å². The number of nitrogens with zero attached hydrogens (tertiary/aromatic N) is 4. The molecule has 0 spiro atoms. The smallest absolute Gasteiger partial charge is 0.257 e. The number of aromatic nitrogens is 2. The summed E-state index contributed by atoms with van der Waals surface area (Å²) >= 11 is 0. The second-order valence-electron chi connectivity index (χ2n) is 7.21. The van der Waals surface area contributed by atoms with Gasteiger partial charge in [0.15, 0.2) is 0 Å². The van der Waals surface area contributed by atoms with Gasteiger partial charge in [-0.2, -0.15) is 0 Å². The van der Waals surface area contributed by atoms with Crippen LogP contribution in [-0.2, 0) is 6.42 Å². The molecule has 1 atom stereocenters. The lowest BCUT2D eigenvalue weighted by Crippen LogP contribution is -2.43. The second-order valence-corrected chi connectivity index (χ2v) is 7.21. The van der Waals surface area contributed by atoms with Crippen LogP contribution in [0.1, 0.15) is 54.9 Å². The van der Waals surface area contributed by atoms with Crippen molar-refractivity contribution in [3.63, 3.8) is 0 Å². The zero-order valence-corrected chi connectivity index (χ0v) is 15.4. The first-order valence-corrected chi connectivity index (χ1v) is 9.76. The molecule has 1 saturated heterocycles. The van der Waals surface area contributed by atoms with E-state index in [4.69, 9.17) is 0 Å². The van der Waals surface area contributed by atoms with E-state index in [0.717, 1.165) is 45.2 Å². The summed E-state index contributed by atoms with van der Waals surface area (Å²) in [4.78, 5) is 26.1. The lowest BCUT2D eigenvalue weighted by atomic mass is 9.99. The first-order valence-electron chi connectivity index (χ1n) is 9.76. The van der Waals surface area contributed by atoms with E-state index in [1.165, 1.54) is 17.7 Å². The van der Waals surface area contributed by atoms with Crippen LogP contribution in [-0.4, -0.2) is 39.9 Å². The van der Waals surface area contributed by atoms with E-state index in [0.29, 0.717) is 17.6 Å². The van der Waals surface area contributed by atoms with Crippen LogP contribution in [0.25, 0.3) is 0 Å². The van der Waals surface area contributed by atoms with Gasteiger partial charge in [0.2, 0.25) is 5.95 Å². The molecule has 0 N–H and O–H groups in total. The van der Waals surface area contributed by atoms with Crippen LogP contribution in [0, 0.1) is 0 Å². The third-order valence-corrected chi connectivity index (χ3v) is 5.60. The van der Waals surface area contributed by atoms with E-state index >= 15 is 0 Å². The van der Waals surface area contributed by atoms with Gasteiger partial charge in [-0.25, -0.2) is 9.97 Å². The Kier molecular flexibility index (Phi) is 4.87. The van der Waals surface area contributed by atoms with Crippen LogP contribution in [0.15, 0.2) is 36.7 Å². The number of anilines is 2. The van der Waals surface area contributed by atoms with Crippen molar-refractivity contribution in [2.24, 2.45) is 0 Å². The highest BCUT2D eigenvalue weighted by molar-refractivity contribution is 5.94. The monoisotopic (exact) mass is 350 g/mol. The Morgan fingerprint density at radius 2 is 1.92 bits per heavy atom. The fraction of sp³-hybridized carbons (Fsp3) is 0.476. The van der Waals surface area contributed by atoms with Crippen LogP contribution < -0.4 is 4.90 Å². The molecule has 1 unspecified atom stereocenters. The minimum Gasteiger partial charge on any atom is -0.336 e.